The fourth-order valence-electron chi connectivity index (χ4n) is 5.72. The molecule has 8 nitrogen and oxygen atoms in total. The lowest BCUT2D eigenvalue weighted by Crippen LogP contribution is -2.51. The number of carbonyl (C=O) groups excluding carboxylic acids is 3. The van der Waals surface area contributed by atoms with Crippen molar-refractivity contribution in [3.05, 3.63) is 59.9 Å². The average Bonchev–Trinajstić information content (AvgIpc) is 3.20. The second-order valence-corrected chi connectivity index (χ2v) is 10.5. The first kappa shape index (κ1) is 26.8. The van der Waals surface area contributed by atoms with E-state index in [2.05, 4.69) is 15.8 Å². The zero-order chi connectivity index (χ0) is 26.2. The predicted octanol–water partition coefficient (Wildman–Crippen LogP) is 4.45. The first-order valence-electron chi connectivity index (χ1n) is 13.5. The van der Waals surface area contributed by atoms with Gasteiger partial charge in [-0.25, -0.2) is 0 Å². The Morgan fingerprint density at radius 1 is 1.08 bits per heavy atom. The first-order valence-corrected chi connectivity index (χ1v) is 13.5. The molecule has 3 atom stereocenters. The van der Waals surface area contributed by atoms with Crippen molar-refractivity contribution >= 4 is 23.4 Å². The fraction of sp³-hybridized carbons (Fsp3) is 0.517. The molecule has 2 aromatic rings. The Kier molecular flexibility index (Phi) is 9.28. The molecule has 1 aromatic heterocycles. The molecule has 2 heterocycles. The number of imide groups is 1. The largest absolute Gasteiger partial charge is 0.354 e. The van der Waals surface area contributed by atoms with Crippen LogP contribution in [0.1, 0.15) is 75.5 Å². The summed E-state index contributed by atoms with van der Waals surface area (Å²) in [6.07, 6.45) is 9.06. The SMILES string of the molecule is CC(C[C@@H]1CC(=O)N([C@@H](CC2CCCCC2)C(=O)NCCc2ccccn2)C1=O)c1ccc(NO)cc1. The smallest absolute Gasteiger partial charge is 0.243 e. The molecule has 1 unspecified atom stereocenters. The number of benzene rings is 1. The number of hydrogen-bond donors (Lipinski definition) is 3. The average molecular weight is 507 g/mol. The number of hydrogen-bond acceptors (Lipinski definition) is 6. The van der Waals surface area contributed by atoms with Crippen molar-refractivity contribution in [2.75, 3.05) is 12.0 Å². The fourth-order valence-corrected chi connectivity index (χ4v) is 5.72. The summed E-state index contributed by atoms with van der Waals surface area (Å²) in [6.45, 7) is 2.44. The van der Waals surface area contributed by atoms with E-state index >= 15 is 0 Å². The van der Waals surface area contributed by atoms with Gasteiger partial charge in [-0.05, 0) is 54.5 Å². The van der Waals surface area contributed by atoms with Crippen LogP contribution >= 0.6 is 0 Å². The van der Waals surface area contributed by atoms with Crippen LogP contribution in [0.3, 0.4) is 0 Å². The monoisotopic (exact) mass is 506 g/mol. The molecule has 0 spiro atoms. The summed E-state index contributed by atoms with van der Waals surface area (Å²) in [5.41, 5.74) is 4.63. The quantitative estimate of drug-likeness (QED) is 0.307. The third kappa shape index (κ3) is 6.95. The van der Waals surface area contributed by atoms with E-state index in [1.807, 2.05) is 37.3 Å². The van der Waals surface area contributed by atoms with E-state index in [1.165, 1.54) is 11.3 Å². The first-order chi connectivity index (χ1) is 18.0. The Labute approximate surface area is 218 Å². The van der Waals surface area contributed by atoms with Crippen LogP contribution in [0.15, 0.2) is 48.7 Å². The second-order valence-electron chi connectivity index (χ2n) is 10.5. The van der Waals surface area contributed by atoms with Gasteiger partial charge in [0, 0.05) is 37.2 Å². The van der Waals surface area contributed by atoms with E-state index in [1.54, 1.807) is 18.3 Å². The van der Waals surface area contributed by atoms with Crippen molar-refractivity contribution in [1.29, 1.82) is 0 Å². The van der Waals surface area contributed by atoms with Crippen molar-refractivity contribution in [3.8, 4) is 0 Å². The minimum absolute atomic E-state index is 0.0541. The lowest BCUT2D eigenvalue weighted by molar-refractivity contribution is -0.148. The summed E-state index contributed by atoms with van der Waals surface area (Å²) in [6, 6.07) is 12.3. The van der Waals surface area contributed by atoms with Crippen LogP contribution in [0.25, 0.3) is 0 Å². The minimum atomic E-state index is -0.762. The van der Waals surface area contributed by atoms with Crippen molar-refractivity contribution < 1.29 is 19.6 Å². The Balaban J connectivity index is 1.43. The molecule has 198 valence electrons. The van der Waals surface area contributed by atoms with Gasteiger partial charge in [-0.3, -0.25) is 35.0 Å². The molecule has 2 aliphatic rings. The molecular formula is C29H38N4O4. The molecule has 1 aromatic carbocycles. The molecule has 3 amide bonds. The highest BCUT2D eigenvalue weighted by Crippen LogP contribution is 2.35. The van der Waals surface area contributed by atoms with Gasteiger partial charge in [0.15, 0.2) is 0 Å². The number of nitrogens with one attached hydrogen (secondary N) is 2. The maximum atomic E-state index is 13.5. The molecule has 8 heteroatoms. The van der Waals surface area contributed by atoms with Crippen molar-refractivity contribution in [1.82, 2.24) is 15.2 Å². The van der Waals surface area contributed by atoms with Crippen molar-refractivity contribution in [2.24, 2.45) is 11.8 Å². The predicted molar refractivity (Wildman–Crippen MR) is 141 cm³/mol. The Morgan fingerprint density at radius 3 is 2.51 bits per heavy atom. The van der Waals surface area contributed by atoms with Gasteiger partial charge in [0.25, 0.3) is 0 Å². The normalized spacial score (nSPS) is 20.1. The molecule has 0 radical (unpaired) electrons. The number of likely N-dealkylation sites (tertiary alicyclic amines) is 1. The number of nitrogens with zero attached hydrogens (tertiary/aromatic N) is 2. The zero-order valence-electron chi connectivity index (χ0n) is 21.6. The number of pyridine rings is 1. The molecular weight excluding hydrogens is 468 g/mol. The van der Waals surface area contributed by atoms with Gasteiger partial charge < -0.3 is 5.32 Å². The van der Waals surface area contributed by atoms with Gasteiger partial charge in [0.05, 0.1) is 5.69 Å². The minimum Gasteiger partial charge on any atom is -0.354 e. The summed E-state index contributed by atoms with van der Waals surface area (Å²) in [5.74, 6) is -0.762. The molecule has 1 aliphatic heterocycles. The van der Waals surface area contributed by atoms with E-state index in [-0.39, 0.29) is 30.1 Å². The standard InChI is InChI=1S/C29H38N4O4/c1-20(22-10-12-25(32-37)13-11-22)17-23-19-27(34)33(29(23)36)26(18-21-7-3-2-4-8-21)28(35)31-16-14-24-9-5-6-15-30-24/h5-6,9-13,15,20-21,23,26,32,37H,2-4,7-8,14,16-19H2,1H3,(H,31,35)/t20?,23-,26+/m1/s1. The molecule has 4 rings (SSSR count). The molecule has 1 saturated heterocycles. The van der Waals surface area contributed by atoms with Gasteiger partial charge >= 0.3 is 0 Å². The lowest BCUT2D eigenvalue weighted by atomic mass is 9.84. The number of rotatable bonds is 11. The summed E-state index contributed by atoms with van der Waals surface area (Å²) in [5, 5.41) is 12.0. The Hall–Kier alpha value is -3.26. The second kappa shape index (κ2) is 12.8. The Bertz CT molecular complexity index is 1050. The molecule has 37 heavy (non-hydrogen) atoms. The van der Waals surface area contributed by atoms with E-state index < -0.39 is 12.0 Å². The molecule has 1 saturated carbocycles. The van der Waals surface area contributed by atoms with Gasteiger partial charge in [-0.15, -0.1) is 0 Å². The topological polar surface area (TPSA) is 112 Å². The van der Waals surface area contributed by atoms with E-state index in [0.29, 0.717) is 37.4 Å². The van der Waals surface area contributed by atoms with E-state index in [4.69, 9.17) is 5.21 Å². The van der Waals surface area contributed by atoms with Gasteiger partial charge in [-0.2, -0.15) is 0 Å². The van der Waals surface area contributed by atoms with Crippen LogP contribution in [-0.2, 0) is 20.8 Å². The van der Waals surface area contributed by atoms with E-state index in [0.717, 1.165) is 36.9 Å². The lowest BCUT2D eigenvalue weighted by Gasteiger charge is -2.31. The summed E-state index contributed by atoms with van der Waals surface area (Å²) in [7, 11) is 0. The number of anilines is 1. The summed E-state index contributed by atoms with van der Waals surface area (Å²) < 4.78 is 0. The van der Waals surface area contributed by atoms with Crippen LogP contribution in [0, 0.1) is 11.8 Å². The molecule has 0 bridgehead atoms. The van der Waals surface area contributed by atoms with E-state index in [9.17, 15) is 14.4 Å². The van der Waals surface area contributed by atoms with Gasteiger partial charge in [0.2, 0.25) is 17.7 Å². The van der Waals surface area contributed by atoms with Crippen LogP contribution in [0.4, 0.5) is 5.69 Å². The van der Waals surface area contributed by atoms with Crippen LogP contribution in [0.2, 0.25) is 0 Å². The highest BCUT2D eigenvalue weighted by molar-refractivity contribution is 6.07. The zero-order valence-corrected chi connectivity index (χ0v) is 21.6. The summed E-state index contributed by atoms with van der Waals surface area (Å²) >= 11 is 0. The maximum Gasteiger partial charge on any atom is 0.243 e. The third-order valence-electron chi connectivity index (χ3n) is 7.83. The van der Waals surface area contributed by atoms with Crippen LogP contribution < -0.4 is 10.8 Å². The highest BCUT2D eigenvalue weighted by Gasteiger charge is 2.45. The number of amides is 3. The third-order valence-corrected chi connectivity index (χ3v) is 7.83. The Morgan fingerprint density at radius 2 is 1.84 bits per heavy atom. The van der Waals surface area contributed by atoms with Gasteiger partial charge in [-0.1, -0.05) is 57.2 Å². The van der Waals surface area contributed by atoms with Gasteiger partial charge in [0.1, 0.15) is 6.04 Å². The number of aromatic nitrogens is 1. The highest BCUT2D eigenvalue weighted by atomic mass is 16.5. The molecule has 2 fully saturated rings. The molecule has 3 N–H and O–H groups in total. The van der Waals surface area contributed by atoms with Crippen LogP contribution in [-0.4, -0.2) is 45.4 Å². The molecule has 1 aliphatic carbocycles. The maximum absolute atomic E-state index is 13.5. The summed E-state index contributed by atoms with van der Waals surface area (Å²) in [4.78, 5) is 45.7. The van der Waals surface area contributed by atoms with Crippen molar-refractivity contribution in [2.45, 2.75) is 76.7 Å². The van der Waals surface area contributed by atoms with Crippen LogP contribution in [0.5, 0.6) is 0 Å². The number of carbonyl (C=O) groups is 3. The van der Waals surface area contributed by atoms with Crippen molar-refractivity contribution in [3.63, 3.8) is 0 Å².